The van der Waals surface area contributed by atoms with E-state index in [2.05, 4.69) is 15.2 Å². The third-order valence-corrected chi connectivity index (χ3v) is 7.52. The highest BCUT2D eigenvalue weighted by Gasteiger charge is 2.31. The van der Waals surface area contributed by atoms with Crippen molar-refractivity contribution in [3.8, 4) is 0 Å². The topological polar surface area (TPSA) is 79.2 Å². The van der Waals surface area contributed by atoms with Crippen LogP contribution in [0.5, 0.6) is 0 Å². The molecule has 0 spiro atoms. The zero-order valence-electron chi connectivity index (χ0n) is 23.2. The Labute approximate surface area is 237 Å². The van der Waals surface area contributed by atoms with Crippen LogP contribution in [0.3, 0.4) is 0 Å². The zero-order valence-corrected chi connectivity index (χ0v) is 23.2. The molecule has 2 aromatic carbocycles. The van der Waals surface area contributed by atoms with Gasteiger partial charge in [0.1, 0.15) is 0 Å². The fourth-order valence-corrected chi connectivity index (χ4v) is 5.24. The second-order valence-corrected chi connectivity index (χ2v) is 10.2. The van der Waals surface area contributed by atoms with E-state index in [4.69, 9.17) is 9.97 Å². The molecule has 41 heavy (non-hydrogen) atoms. The minimum absolute atomic E-state index is 0.138. The van der Waals surface area contributed by atoms with Gasteiger partial charge in [-0.05, 0) is 49.9 Å². The highest BCUT2D eigenvalue weighted by atomic mass is 19.4. The van der Waals surface area contributed by atoms with E-state index in [0.717, 1.165) is 37.1 Å². The number of nitrogens with zero attached hydrogens (tertiary/aromatic N) is 6. The Bertz CT molecular complexity index is 1470. The van der Waals surface area contributed by atoms with E-state index in [9.17, 15) is 18.0 Å². The lowest BCUT2D eigenvalue weighted by molar-refractivity contribution is -0.137. The molecule has 1 N–H and O–H groups in total. The van der Waals surface area contributed by atoms with Gasteiger partial charge in [0, 0.05) is 32.7 Å². The number of carbonyl (C=O) groups is 1. The first-order valence-corrected chi connectivity index (χ1v) is 14.0. The maximum Gasteiger partial charge on any atom is 0.416 e. The van der Waals surface area contributed by atoms with Crippen molar-refractivity contribution in [2.45, 2.75) is 46.0 Å². The standard InChI is InChI=1S/C30H34F3N7O/c1-3-38(4-2)28(41)23-11-8-16-39(19-23)29-36-26(34-17-21-9-6-5-7-10-21)25-27(37-29)40(20-35-25)18-22-12-14-24(15-13-22)30(31,32)33/h5-7,9-10,12-15,20,23H,3-4,8,11,16-19H2,1-2H3,(H,34,36,37). The number of halogens is 3. The van der Waals surface area contributed by atoms with Crippen molar-refractivity contribution in [2.75, 3.05) is 36.4 Å². The Hall–Kier alpha value is -4.15. The number of nitrogens with one attached hydrogen (secondary N) is 1. The summed E-state index contributed by atoms with van der Waals surface area (Å²) >= 11 is 0. The molecule has 11 heteroatoms. The summed E-state index contributed by atoms with van der Waals surface area (Å²) in [6.07, 6.45) is -1.09. The van der Waals surface area contributed by atoms with Crippen LogP contribution in [0.2, 0.25) is 0 Å². The normalized spacial score (nSPS) is 15.7. The van der Waals surface area contributed by atoms with Gasteiger partial charge in [-0.1, -0.05) is 42.5 Å². The molecule has 216 valence electrons. The number of rotatable bonds is 9. The van der Waals surface area contributed by atoms with E-state index in [1.54, 1.807) is 6.33 Å². The van der Waals surface area contributed by atoms with E-state index in [0.29, 0.717) is 61.2 Å². The van der Waals surface area contributed by atoms with Crippen molar-refractivity contribution in [1.82, 2.24) is 24.4 Å². The molecule has 0 saturated carbocycles. The summed E-state index contributed by atoms with van der Waals surface area (Å²) in [4.78, 5) is 31.4. The molecule has 0 radical (unpaired) electrons. The number of anilines is 2. The van der Waals surface area contributed by atoms with Crippen LogP contribution in [0.4, 0.5) is 24.9 Å². The predicted molar refractivity (Wildman–Crippen MR) is 153 cm³/mol. The Kier molecular flexibility index (Phi) is 8.41. The van der Waals surface area contributed by atoms with Gasteiger partial charge in [0.05, 0.1) is 24.4 Å². The van der Waals surface area contributed by atoms with Gasteiger partial charge in [0.25, 0.3) is 0 Å². The molecule has 1 aliphatic heterocycles. The summed E-state index contributed by atoms with van der Waals surface area (Å²) in [5.74, 6) is 1.08. The summed E-state index contributed by atoms with van der Waals surface area (Å²) in [6, 6.07) is 15.0. The van der Waals surface area contributed by atoms with Gasteiger partial charge in [-0.15, -0.1) is 0 Å². The molecule has 1 amide bonds. The van der Waals surface area contributed by atoms with Crippen molar-refractivity contribution in [3.63, 3.8) is 0 Å². The molecule has 5 rings (SSSR count). The van der Waals surface area contributed by atoms with Gasteiger partial charge >= 0.3 is 6.18 Å². The number of piperidine rings is 1. The molecule has 1 unspecified atom stereocenters. The molecule has 1 atom stereocenters. The van der Waals surface area contributed by atoms with Crippen molar-refractivity contribution in [2.24, 2.45) is 5.92 Å². The van der Waals surface area contributed by atoms with Crippen LogP contribution in [-0.4, -0.2) is 56.5 Å². The minimum Gasteiger partial charge on any atom is -0.364 e. The first kappa shape index (κ1) is 28.4. The van der Waals surface area contributed by atoms with E-state index in [-0.39, 0.29) is 11.8 Å². The molecule has 1 fully saturated rings. The Balaban J connectivity index is 1.47. The van der Waals surface area contributed by atoms with Crippen LogP contribution in [0.1, 0.15) is 43.4 Å². The number of alkyl halides is 3. The van der Waals surface area contributed by atoms with Crippen molar-refractivity contribution >= 4 is 28.8 Å². The minimum atomic E-state index is -4.39. The summed E-state index contributed by atoms with van der Waals surface area (Å²) in [7, 11) is 0. The molecular formula is C30H34F3N7O. The van der Waals surface area contributed by atoms with E-state index < -0.39 is 11.7 Å². The number of imidazole rings is 1. The molecule has 8 nitrogen and oxygen atoms in total. The highest BCUT2D eigenvalue weighted by molar-refractivity contribution is 5.85. The average molecular weight is 566 g/mol. The lowest BCUT2D eigenvalue weighted by atomic mass is 9.96. The Morgan fingerprint density at radius 2 is 1.76 bits per heavy atom. The number of aromatic nitrogens is 4. The summed E-state index contributed by atoms with van der Waals surface area (Å²) in [5.41, 5.74) is 2.23. The number of hydrogen-bond donors (Lipinski definition) is 1. The maximum absolute atomic E-state index is 13.1. The monoisotopic (exact) mass is 565 g/mol. The largest absolute Gasteiger partial charge is 0.416 e. The van der Waals surface area contributed by atoms with Gasteiger partial charge in [-0.3, -0.25) is 4.79 Å². The summed E-state index contributed by atoms with van der Waals surface area (Å²) in [6.45, 7) is 7.39. The molecule has 4 aromatic rings. The Morgan fingerprint density at radius 3 is 2.44 bits per heavy atom. The van der Waals surface area contributed by atoms with Crippen LogP contribution < -0.4 is 10.2 Å². The van der Waals surface area contributed by atoms with Crippen molar-refractivity contribution in [3.05, 3.63) is 77.6 Å². The van der Waals surface area contributed by atoms with E-state index in [1.807, 2.05) is 53.6 Å². The van der Waals surface area contributed by atoms with E-state index >= 15 is 0 Å². The Morgan fingerprint density at radius 1 is 1.02 bits per heavy atom. The van der Waals surface area contributed by atoms with Gasteiger partial charge in [0.15, 0.2) is 17.0 Å². The molecule has 0 aliphatic carbocycles. The number of hydrogen-bond acceptors (Lipinski definition) is 6. The van der Waals surface area contributed by atoms with Crippen molar-refractivity contribution < 1.29 is 18.0 Å². The van der Waals surface area contributed by atoms with Crippen LogP contribution in [-0.2, 0) is 24.1 Å². The van der Waals surface area contributed by atoms with Crippen LogP contribution in [0, 0.1) is 5.92 Å². The first-order valence-electron chi connectivity index (χ1n) is 14.0. The second kappa shape index (κ2) is 12.2. The molecule has 0 bridgehead atoms. The average Bonchev–Trinajstić information content (AvgIpc) is 3.39. The van der Waals surface area contributed by atoms with Gasteiger partial charge < -0.3 is 19.7 Å². The lowest BCUT2D eigenvalue weighted by Gasteiger charge is -2.34. The summed E-state index contributed by atoms with van der Waals surface area (Å²) < 4.78 is 41.0. The molecule has 3 heterocycles. The molecular weight excluding hydrogens is 531 g/mol. The van der Waals surface area contributed by atoms with Gasteiger partial charge in [-0.25, -0.2) is 4.98 Å². The SMILES string of the molecule is CCN(CC)C(=O)C1CCCN(c2nc(NCc3ccccc3)c3ncn(Cc4ccc(C(F)(F)F)cc4)c3n2)C1. The van der Waals surface area contributed by atoms with Gasteiger partial charge in [-0.2, -0.15) is 23.1 Å². The first-order chi connectivity index (χ1) is 19.8. The van der Waals surface area contributed by atoms with Crippen LogP contribution in [0.25, 0.3) is 11.2 Å². The van der Waals surface area contributed by atoms with Crippen molar-refractivity contribution in [1.29, 1.82) is 0 Å². The van der Waals surface area contributed by atoms with Crippen LogP contribution >= 0.6 is 0 Å². The number of fused-ring (bicyclic) bond motifs is 1. The molecule has 2 aromatic heterocycles. The smallest absolute Gasteiger partial charge is 0.364 e. The van der Waals surface area contributed by atoms with E-state index in [1.165, 1.54) is 12.1 Å². The van der Waals surface area contributed by atoms with Crippen LogP contribution in [0.15, 0.2) is 60.9 Å². The van der Waals surface area contributed by atoms with Gasteiger partial charge in [0.2, 0.25) is 11.9 Å². The third kappa shape index (κ3) is 6.44. The predicted octanol–water partition coefficient (Wildman–Crippen LogP) is 5.59. The third-order valence-electron chi connectivity index (χ3n) is 7.52. The fourth-order valence-electron chi connectivity index (χ4n) is 5.24. The fraction of sp³-hybridized carbons (Fsp3) is 0.400. The maximum atomic E-state index is 13.1. The quantitative estimate of drug-likeness (QED) is 0.285. The number of carbonyl (C=O) groups excluding carboxylic acids is 1. The molecule has 1 aliphatic rings. The lowest BCUT2D eigenvalue weighted by Crippen LogP contribution is -2.45. The summed E-state index contributed by atoms with van der Waals surface area (Å²) in [5, 5.41) is 3.40. The molecule has 1 saturated heterocycles. The number of amides is 1. The number of benzene rings is 2. The zero-order chi connectivity index (χ0) is 29.0. The second-order valence-electron chi connectivity index (χ2n) is 10.2. The highest BCUT2D eigenvalue weighted by Crippen LogP contribution is 2.30.